The smallest absolute Gasteiger partial charge is 0.328 e. The van der Waals surface area contributed by atoms with Crippen molar-refractivity contribution in [3.05, 3.63) is 71.9 Å². The van der Waals surface area contributed by atoms with Crippen molar-refractivity contribution < 1.29 is 24.2 Å². The minimum Gasteiger partial charge on any atom is -0.481 e. The highest BCUT2D eigenvalue weighted by Gasteiger charge is 2.26. The van der Waals surface area contributed by atoms with Crippen molar-refractivity contribution >= 4 is 28.7 Å². The zero-order valence-electron chi connectivity index (χ0n) is 16.9. The van der Waals surface area contributed by atoms with Gasteiger partial charge in [0.25, 0.3) is 0 Å². The first-order valence-electron chi connectivity index (χ1n) is 9.97. The molecule has 2 atom stereocenters. The Bertz CT molecular complexity index is 1050. The van der Waals surface area contributed by atoms with E-state index >= 15 is 0 Å². The standard InChI is InChI=1S/C23H25N3O5/c24-18(12-16-13-25-19-9-5-4-8-17(16)19)22(29)26-20(10-11-21(27)28)23(30)31-14-15-6-2-1-3-7-15/h1-9,13,18,20,25H,10-12,14,24H2,(H,26,29)(H,27,28). The lowest BCUT2D eigenvalue weighted by Crippen LogP contribution is -2.49. The zero-order valence-corrected chi connectivity index (χ0v) is 16.9. The van der Waals surface area contributed by atoms with Crippen LogP contribution in [0.15, 0.2) is 60.8 Å². The number of H-pyrrole nitrogens is 1. The number of hydrogen-bond donors (Lipinski definition) is 4. The molecule has 0 aliphatic carbocycles. The normalized spacial score (nSPS) is 12.8. The molecule has 1 amide bonds. The number of rotatable bonds is 10. The second-order valence-electron chi connectivity index (χ2n) is 7.26. The van der Waals surface area contributed by atoms with Gasteiger partial charge in [0, 0.05) is 23.5 Å². The van der Waals surface area contributed by atoms with Crippen LogP contribution in [0.5, 0.6) is 0 Å². The fourth-order valence-corrected chi connectivity index (χ4v) is 3.25. The van der Waals surface area contributed by atoms with Gasteiger partial charge in [-0.2, -0.15) is 0 Å². The van der Waals surface area contributed by atoms with Crippen molar-refractivity contribution in [3.8, 4) is 0 Å². The van der Waals surface area contributed by atoms with Crippen LogP contribution in [-0.4, -0.2) is 40.0 Å². The molecular weight excluding hydrogens is 398 g/mol. The van der Waals surface area contributed by atoms with Gasteiger partial charge in [0.1, 0.15) is 12.6 Å². The summed E-state index contributed by atoms with van der Waals surface area (Å²) in [5.41, 5.74) is 8.68. The molecule has 31 heavy (non-hydrogen) atoms. The SMILES string of the molecule is NC(Cc1c[nH]c2ccccc12)C(=O)NC(CCC(=O)O)C(=O)OCc1ccccc1. The van der Waals surface area contributed by atoms with Crippen molar-refractivity contribution in [1.29, 1.82) is 0 Å². The maximum absolute atomic E-state index is 12.6. The summed E-state index contributed by atoms with van der Waals surface area (Å²) < 4.78 is 5.27. The van der Waals surface area contributed by atoms with E-state index in [0.717, 1.165) is 22.0 Å². The number of aromatic nitrogens is 1. The van der Waals surface area contributed by atoms with Crippen LogP contribution >= 0.6 is 0 Å². The molecule has 0 aliphatic rings. The highest BCUT2D eigenvalue weighted by Crippen LogP contribution is 2.19. The van der Waals surface area contributed by atoms with Crippen molar-refractivity contribution in [2.45, 2.75) is 38.0 Å². The van der Waals surface area contributed by atoms with Crippen molar-refractivity contribution in [2.24, 2.45) is 5.73 Å². The molecule has 3 aromatic rings. The summed E-state index contributed by atoms with van der Waals surface area (Å²) in [6, 6.07) is 14.7. The lowest BCUT2D eigenvalue weighted by molar-refractivity contribution is -0.150. The Morgan fingerprint density at radius 2 is 1.77 bits per heavy atom. The van der Waals surface area contributed by atoms with E-state index in [1.807, 2.05) is 42.5 Å². The third kappa shape index (κ3) is 6.16. The average molecular weight is 423 g/mol. The molecule has 3 rings (SSSR count). The van der Waals surface area contributed by atoms with E-state index in [4.69, 9.17) is 15.6 Å². The summed E-state index contributed by atoms with van der Waals surface area (Å²) in [6.07, 6.45) is 1.69. The molecule has 162 valence electrons. The number of carbonyl (C=O) groups excluding carboxylic acids is 2. The van der Waals surface area contributed by atoms with Crippen LogP contribution in [0.4, 0.5) is 0 Å². The molecule has 1 heterocycles. The molecule has 8 heteroatoms. The molecule has 8 nitrogen and oxygen atoms in total. The van der Waals surface area contributed by atoms with E-state index in [2.05, 4.69) is 10.3 Å². The summed E-state index contributed by atoms with van der Waals surface area (Å²) in [6.45, 7) is 0.0283. The largest absolute Gasteiger partial charge is 0.481 e. The lowest BCUT2D eigenvalue weighted by Gasteiger charge is -2.19. The molecule has 0 saturated heterocycles. The zero-order chi connectivity index (χ0) is 22.2. The maximum Gasteiger partial charge on any atom is 0.328 e. The number of para-hydroxylation sites is 1. The molecule has 0 bridgehead atoms. The number of nitrogens with one attached hydrogen (secondary N) is 2. The number of nitrogens with two attached hydrogens (primary N) is 1. The summed E-state index contributed by atoms with van der Waals surface area (Å²) >= 11 is 0. The molecule has 0 fully saturated rings. The number of amides is 1. The maximum atomic E-state index is 12.6. The molecule has 0 saturated carbocycles. The van der Waals surface area contributed by atoms with E-state index < -0.39 is 29.9 Å². The van der Waals surface area contributed by atoms with Crippen LogP contribution in [0.3, 0.4) is 0 Å². The predicted octanol–water partition coefficient (Wildman–Crippen LogP) is 2.13. The first kappa shape index (κ1) is 22.0. The number of carboxylic acids is 1. The monoisotopic (exact) mass is 423 g/mol. The summed E-state index contributed by atoms with van der Waals surface area (Å²) in [4.78, 5) is 39.2. The number of carboxylic acid groups (broad SMARTS) is 1. The second-order valence-corrected chi connectivity index (χ2v) is 7.26. The number of esters is 1. The number of fused-ring (bicyclic) bond motifs is 1. The Balaban J connectivity index is 1.62. The van der Waals surface area contributed by atoms with Crippen LogP contribution in [0.2, 0.25) is 0 Å². The molecule has 0 aliphatic heterocycles. The summed E-state index contributed by atoms with van der Waals surface area (Å²) in [5, 5.41) is 12.5. The van der Waals surface area contributed by atoms with E-state index in [1.54, 1.807) is 18.3 Å². The van der Waals surface area contributed by atoms with Gasteiger partial charge in [-0.25, -0.2) is 4.79 Å². The van der Waals surface area contributed by atoms with E-state index in [1.165, 1.54) is 0 Å². The number of hydrogen-bond acceptors (Lipinski definition) is 5. The number of ether oxygens (including phenoxy) is 1. The van der Waals surface area contributed by atoms with E-state index in [0.29, 0.717) is 0 Å². The third-order valence-corrected chi connectivity index (χ3v) is 4.92. The Hall–Kier alpha value is -3.65. The van der Waals surface area contributed by atoms with Gasteiger partial charge in [-0.15, -0.1) is 0 Å². The molecule has 0 spiro atoms. The van der Waals surface area contributed by atoms with Crippen molar-refractivity contribution in [3.63, 3.8) is 0 Å². The molecule has 1 aromatic heterocycles. The van der Waals surface area contributed by atoms with Gasteiger partial charge in [-0.1, -0.05) is 48.5 Å². The molecular formula is C23H25N3O5. The highest BCUT2D eigenvalue weighted by molar-refractivity contribution is 5.89. The predicted molar refractivity (Wildman–Crippen MR) is 115 cm³/mol. The fourth-order valence-electron chi connectivity index (χ4n) is 3.25. The van der Waals surface area contributed by atoms with Crippen LogP contribution in [0.25, 0.3) is 10.9 Å². The summed E-state index contributed by atoms with van der Waals surface area (Å²) in [7, 11) is 0. The van der Waals surface area contributed by atoms with Crippen molar-refractivity contribution in [2.75, 3.05) is 0 Å². The van der Waals surface area contributed by atoms with Crippen molar-refractivity contribution in [1.82, 2.24) is 10.3 Å². The first-order valence-corrected chi connectivity index (χ1v) is 9.97. The van der Waals surface area contributed by atoms with Crippen LogP contribution < -0.4 is 11.1 Å². The molecule has 0 radical (unpaired) electrons. The number of aliphatic carboxylic acids is 1. The third-order valence-electron chi connectivity index (χ3n) is 4.92. The first-order chi connectivity index (χ1) is 14.9. The Labute approximate surface area is 179 Å². The van der Waals surface area contributed by atoms with E-state index in [9.17, 15) is 14.4 Å². The van der Waals surface area contributed by atoms with Gasteiger partial charge in [0.15, 0.2) is 0 Å². The quantitative estimate of drug-likeness (QED) is 0.369. The van der Waals surface area contributed by atoms with E-state index in [-0.39, 0.29) is 25.9 Å². The fraction of sp³-hybridized carbons (Fsp3) is 0.261. The van der Waals surface area contributed by atoms with Crippen LogP contribution in [0, 0.1) is 0 Å². The number of carbonyl (C=O) groups is 3. The Kier molecular flexibility index (Phi) is 7.40. The minimum atomic E-state index is -1.10. The second kappa shape index (κ2) is 10.4. The molecule has 2 aromatic carbocycles. The van der Waals surface area contributed by atoms with Crippen LogP contribution in [0.1, 0.15) is 24.0 Å². The highest BCUT2D eigenvalue weighted by atomic mass is 16.5. The lowest BCUT2D eigenvalue weighted by atomic mass is 10.0. The number of aromatic amines is 1. The van der Waals surface area contributed by atoms with Gasteiger partial charge < -0.3 is 25.9 Å². The van der Waals surface area contributed by atoms with Gasteiger partial charge in [0.05, 0.1) is 6.04 Å². The van der Waals surface area contributed by atoms with Gasteiger partial charge >= 0.3 is 11.9 Å². The molecule has 5 N–H and O–H groups in total. The van der Waals surface area contributed by atoms with Gasteiger partial charge in [0.2, 0.25) is 5.91 Å². The average Bonchev–Trinajstić information content (AvgIpc) is 3.18. The Morgan fingerprint density at radius 3 is 2.52 bits per heavy atom. The van der Waals surface area contributed by atoms with Gasteiger partial charge in [-0.3, -0.25) is 9.59 Å². The minimum absolute atomic E-state index is 0.0283. The van der Waals surface area contributed by atoms with Gasteiger partial charge in [-0.05, 0) is 30.0 Å². The topological polar surface area (TPSA) is 135 Å². The number of benzene rings is 2. The van der Waals surface area contributed by atoms with Crippen LogP contribution in [-0.2, 0) is 32.1 Å². The Morgan fingerprint density at radius 1 is 1.06 bits per heavy atom. The summed E-state index contributed by atoms with van der Waals surface area (Å²) in [5.74, 6) is -2.31. The molecule has 2 unspecified atom stereocenters.